The summed E-state index contributed by atoms with van der Waals surface area (Å²) in [7, 11) is 3.21. The van der Waals surface area contributed by atoms with E-state index in [1.807, 2.05) is 13.7 Å². The molecule has 0 saturated heterocycles. The van der Waals surface area contributed by atoms with E-state index < -0.39 is 0 Å². The fraction of sp³-hybridized carbons (Fsp3) is 0.519. The first-order chi connectivity index (χ1) is 16.8. The van der Waals surface area contributed by atoms with Crippen LogP contribution in [0, 0.1) is 26.7 Å². The second kappa shape index (κ2) is 9.76. The third kappa shape index (κ3) is 4.54. The molecule has 2 aromatic rings. The minimum absolute atomic E-state index is 0. The fourth-order valence-corrected chi connectivity index (χ4v) is 5.37. The van der Waals surface area contributed by atoms with E-state index in [0.29, 0.717) is 41.7 Å². The van der Waals surface area contributed by atoms with E-state index >= 15 is 0 Å². The van der Waals surface area contributed by atoms with Gasteiger partial charge in [-0.15, -0.1) is 0 Å². The van der Waals surface area contributed by atoms with Gasteiger partial charge in [-0.05, 0) is 68.4 Å². The average Bonchev–Trinajstić information content (AvgIpc) is 3.41. The molecule has 1 saturated carbocycles. The van der Waals surface area contributed by atoms with Crippen LogP contribution in [0.2, 0.25) is 0 Å². The lowest BCUT2D eigenvalue weighted by Gasteiger charge is -2.28. The molecular formula is C27H37N3O5. The Kier molecular flexibility index (Phi) is 6.92. The summed E-state index contributed by atoms with van der Waals surface area (Å²) in [5, 5.41) is 3.44. The molecule has 1 aromatic carbocycles. The number of rotatable bonds is 7. The number of carbonyl (C=O) groups excluding carboxylic acids is 1. The zero-order chi connectivity index (χ0) is 25.3. The highest BCUT2D eigenvalue weighted by molar-refractivity contribution is 5.61. The Hall–Kier alpha value is -3.29. The Bertz CT molecular complexity index is 1130. The number of fused-ring (bicyclic) bond motifs is 2. The summed E-state index contributed by atoms with van der Waals surface area (Å²) in [6.07, 6.45) is 5.20. The van der Waals surface area contributed by atoms with E-state index in [-0.39, 0.29) is 7.03 Å². The summed E-state index contributed by atoms with van der Waals surface area (Å²) in [5.74, 6) is 4.63. The quantitative estimate of drug-likeness (QED) is 0.606. The van der Waals surface area contributed by atoms with Crippen LogP contribution >= 0.6 is 0 Å². The van der Waals surface area contributed by atoms with E-state index in [0.717, 1.165) is 37.4 Å². The van der Waals surface area contributed by atoms with Gasteiger partial charge < -0.3 is 29.1 Å². The molecule has 3 unspecified atom stereocenters. The van der Waals surface area contributed by atoms with Gasteiger partial charge in [-0.3, -0.25) is 0 Å². The van der Waals surface area contributed by atoms with Crippen LogP contribution in [0.1, 0.15) is 55.2 Å². The van der Waals surface area contributed by atoms with Gasteiger partial charge in [0.2, 0.25) is 11.8 Å². The monoisotopic (exact) mass is 483 g/mol. The minimum Gasteiger partial charge on any atom is -0.493 e. The molecule has 8 heteroatoms. The molecule has 1 aliphatic carbocycles. The van der Waals surface area contributed by atoms with Crippen molar-refractivity contribution in [2.24, 2.45) is 5.92 Å². The minimum atomic E-state index is -0.220. The van der Waals surface area contributed by atoms with Crippen LogP contribution in [-0.4, -0.2) is 49.7 Å². The first-order valence-corrected chi connectivity index (χ1v) is 12.0. The lowest BCUT2D eigenvalue weighted by molar-refractivity contribution is -0.0980. The predicted molar refractivity (Wildman–Crippen MR) is 136 cm³/mol. The van der Waals surface area contributed by atoms with Gasteiger partial charge in [0.1, 0.15) is 24.0 Å². The van der Waals surface area contributed by atoms with Crippen LogP contribution in [0.25, 0.3) is 0 Å². The van der Waals surface area contributed by atoms with Gasteiger partial charge in [-0.25, -0.2) is 0 Å². The Balaban J connectivity index is 0.00000117. The number of allylic oxidation sites excluding steroid dienone is 1. The molecule has 3 atom stereocenters. The van der Waals surface area contributed by atoms with E-state index in [4.69, 9.17) is 23.7 Å². The van der Waals surface area contributed by atoms with Crippen LogP contribution in [0.4, 0.5) is 5.69 Å². The fourth-order valence-electron chi connectivity index (χ4n) is 5.37. The standard InChI is InChI=1S/C26H33N3O4.CH2O.H2/c1-14-7-8-32-21-9-15(2)20(16(3)22(14)21)11-19-10-18-12-26(18,33-19)13-27-23-24(30-5)28-17(4)29-25(23)31-6;1-2;/h9-10,14,18,27H,7-8,11-13H2,1-6H3;1H2;1H. The number of benzene rings is 1. The van der Waals surface area contributed by atoms with Gasteiger partial charge in [0.05, 0.1) is 33.1 Å². The van der Waals surface area contributed by atoms with Gasteiger partial charge >= 0.3 is 0 Å². The van der Waals surface area contributed by atoms with Crippen LogP contribution < -0.4 is 19.5 Å². The number of carbonyl (C=O) groups is 1. The molecule has 1 fully saturated rings. The smallest absolute Gasteiger partial charge is 0.244 e. The normalized spacial score (nSPS) is 23.4. The topological polar surface area (TPSA) is 91.8 Å². The molecule has 0 spiro atoms. The van der Waals surface area contributed by atoms with Crippen molar-refractivity contribution in [3.63, 3.8) is 0 Å². The molecule has 0 amide bonds. The molecule has 5 rings (SSSR count). The van der Waals surface area contributed by atoms with Crippen molar-refractivity contribution >= 4 is 12.5 Å². The van der Waals surface area contributed by atoms with E-state index in [1.54, 1.807) is 14.2 Å². The lowest BCUT2D eigenvalue weighted by Crippen LogP contribution is -2.25. The van der Waals surface area contributed by atoms with E-state index in [2.05, 4.69) is 48.2 Å². The highest BCUT2D eigenvalue weighted by Gasteiger charge is 2.59. The predicted octanol–water partition coefficient (Wildman–Crippen LogP) is 4.69. The molecule has 2 aliphatic heterocycles. The average molecular weight is 484 g/mol. The molecule has 0 radical (unpaired) electrons. The maximum absolute atomic E-state index is 8.00. The second-order valence-electron chi connectivity index (χ2n) is 9.55. The van der Waals surface area contributed by atoms with Crippen LogP contribution in [-0.2, 0) is 16.0 Å². The maximum atomic E-state index is 8.00. The van der Waals surface area contributed by atoms with Crippen molar-refractivity contribution in [1.82, 2.24) is 9.97 Å². The first-order valence-electron chi connectivity index (χ1n) is 12.0. The summed E-state index contributed by atoms with van der Waals surface area (Å²) in [5.41, 5.74) is 5.78. The maximum Gasteiger partial charge on any atom is 0.244 e. The summed E-state index contributed by atoms with van der Waals surface area (Å²) >= 11 is 0. The van der Waals surface area contributed by atoms with Gasteiger partial charge in [0.25, 0.3) is 0 Å². The van der Waals surface area contributed by atoms with Gasteiger partial charge in [0.15, 0.2) is 5.69 Å². The van der Waals surface area contributed by atoms with Crippen molar-refractivity contribution in [2.45, 2.75) is 58.5 Å². The largest absolute Gasteiger partial charge is 0.493 e. The molecule has 35 heavy (non-hydrogen) atoms. The van der Waals surface area contributed by atoms with E-state index in [1.165, 1.54) is 22.3 Å². The van der Waals surface area contributed by atoms with E-state index in [9.17, 15) is 0 Å². The van der Waals surface area contributed by atoms with Crippen molar-refractivity contribution in [2.75, 3.05) is 32.7 Å². The lowest BCUT2D eigenvalue weighted by atomic mass is 9.85. The summed E-state index contributed by atoms with van der Waals surface area (Å²) in [6.45, 7) is 12.0. The molecule has 1 N–H and O–H groups in total. The number of ether oxygens (including phenoxy) is 4. The number of aryl methyl sites for hydroxylation is 2. The molecule has 3 heterocycles. The number of aromatic nitrogens is 2. The van der Waals surface area contributed by atoms with Crippen molar-refractivity contribution in [1.29, 1.82) is 0 Å². The van der Waals surface area contributed by atoms with Crippen molar-refractivity contribution < 1.29 is 25.2 Å². The Morgan fingerprint density at radius 3 is 2.54 bits per heavy atom. The zero-order valence-electron chi connectivity index (χ0n) is 21.5. The van der Waals surface area contributed by atoms with Crippen LogP contribution in [0.15, 0.2) is 17.9 Å². The van der Waals surface area contributed by atoms with Gasteiger partial charge in [-0.1, -0.05) is 6.92 Å². The molecular weight excluding hydrogens is 446 g/mol. The number of hydrogen-bond acceptors (Lipinski definition) is 8. The second-order valence-corrected chi connectivity index (χ2v) is 9.55. The van der Waals surface area contributed by atoms with Crippen molar-refractivity contribution in [3.05, 3.63) is 46.0 Å². The Morgan fingerprint density at radius 1 is 1.20 bits per heavy atom. The highest BCUT2D eigenvalue weighted by Crippen LogP contribution is 2.55. The SMILES string of the molecule is C=O.COc1nc(C)nc(OC)c1NCC12CC1C=C(Cc1c(C)cc3c(c1C)C(C)CCO3)O2.[HH]. The third-order valence-electron chi connectivity index (χ3n) is 7.31. The van der Waals surface area contributed by atoms with Gasteiger partial charge in [0, 0.05) is 19.3 Å². The zero-order valence-corrected chi connectivity index (χ0v) is 21.5. The number of nitrogens with one attached hydrogen (secondary N) is 1. The highest BCUT2D eigenvalue weighted by atomic mass is 16.5. The Morgan fingerprint density at radius 2 is 1.89 bits per heavy atom. The molecule has 190 valence electrons. The first kappa shape index (κ1) is 24.8. The van der Waals surface area contributed by atoms with Crippen LogP contribution in [0.5, 0.6) is 17.5 Å². The summed E-state index contributed by atoms with van der Waals surface area (Å²) < 4.78 is 23.4. The molecule has 8 nitrogen and oxygen atoms in total. The molecule has 1 aromatic heterocycles. The number of nitrogens with zero attached hydrogens (tertiary/aromatic N) is 2. The molecule has 3 aliphatic rings. The summed E-state index contributed by atoms with van der Waals surface area (Å²) in [4.78, 5) is 16.7. The number of anilines is 1. The Labute approximate surface area is 208 Å². The van der Waals surface area contributed by atoms with Crippen molar-refractivity contribution in [3.8, 4) is 17.5 Å². The number of hydrogen-bond donors (Lipinski definition) is 1. The van der Waals surface area contributed by atoms with Crippen LogP contribution in [0.3, 0.4) is 0 Å². The van der Waals surface area contributed by atoms with Gasteiger partial charge in [-0.2, -0.15) is 9.97 Å². The number of methoxy groups -OCH3 is 2. The third-order valence-corrected chi connectivity index (χ3v) is 7.31. The molecule has 0 bridgehead atoms. The summed E-state index contributed by atoms with van der Waals surface area (Å²) in [6, 6.07) is 2.21.